The first-order chi connectivity index (χ1) is 10.3. The number of nitrogens with zero attached hydrogens (tertiary/aromatic N) is 2. The van der Waals surface area contributed by atoms with E-state index in [0.29, 0.717) is 13.1 Å². The molecule has 0 radical (unpaired) electrons. The van der Waals surface area contributed by atoms with Gasteiger partial charge in [0, 0.05) is 13.1 Å². The molecule has 2 saturated heterocycles. The molecule has 21 heavy (non-hydrogen) atoms. The van der Waals surface area contributed by atoms with E-state index in [0.717, 1.165) is 31.6 Å². The summed E-state index contributed by atoms with van der Waals surface area (Å²) in [4.78, 5) is 27.4. The van der Waals surface area contributed by atoms with E-state index >= 15 is 0 Å². The Labute approximate surface area is 124 Å². The van der Waals surface area contributed by atoms with Crippen LogP contribution in [0.3, 0.4) is 0 Å². The molecule has 2 aliphatic rings. The van der Waals surface area contributed by atoms with Crippen LogP contribution in [0.1, 0.15) is 37.5 Å². The topological polar surface area (TPSA) is 65.8 Å². The number of nitrogens with one attached hydrogen (secondary N) is 1. The fraction of sp³-hybridized carbons (Fsp3) is 0.600. The van der Waals surface area contributed by atoms with Crippen LogP contribution in [-0.2, 0) is 4.79 Å². The Morgan fingerprint density at radius 2 is 2.24 bits per heavy atom. The predicted octanol–water partition coefficient (Wildman–Crippen LogP) is 1.75. The molecule has 0 saturated carbocycles. The summed E-state index contributed by atoms with van der Waals surface area (Å²) in [6.45, 7) is 2.16. The second-order valence-corrected chi connectivity index (χ2v) is 5.63. The minimum Gasteiger partial charge on any atom is -0.468 e. The van der Waals surface area contributed by atoms with Gasteiger partial charge in [-0.05, 0) is 31.5 Å². The Balaban J connectivity index is 1.71. The van der Waals surface area contributed by atoms with Gasteiger partial charge in [0.2, 0.25) is 5.91 Å². The van der Waals surface area contributed by atoms with Crippen molar-refractivity contribution in [3.05, 3.63) is 24.2 Å². The van der Waals surface area contributed by atoms with Crippen molar-refractivity contribution < 1.29 is 14.0 Å². The zero-order chi connectivity index (χ0) is 14.7. The van der Waals surface area contributed by atoms with Gasteiger partial charge >= 0.3 is 6.03 Å². The van der Waals surface area contributed by atoms with Crippen molar-refractivity contribution in [2.24, 2.45) is 0 Å². The predicted molar refractivity (Wildman–Crippen MR) is 76.6 cm³/mol. The van der Waals surface area contributed by atoms with Crippen LogP contribution in [0, 0.1) is 0 Å². The van der Waals surface area contributed by atoms with Gasteiger partial charge in [0.25, 0.3) is 0 Å². The maximum Gasteiger partial charge on any atom is 0.324 e. The lowest BCUT2D eigenvalue weighted by atomic mass is 10.1. The van der Waals surface area contributed by atoms with Gasteiger partial charge in [-0.1, -0.05) is 12.8 Å². The van der Waals surface area contributed by atoms with Crippen molar-refractivity contribution >= 4 is 11.9 Å². The molecule has 3 heterocycles. The van der Waals surface area contributed by atoms with E-state index in [4.69, 9.17) is 4.42 Å². The average molecular weight is 291 g/mol. The van der Waals surface area contributed by atoms with Gasteiger partial charge in [0.15, 0.2) is 0 Å². The Morgan fingerprint density at radius 3 is 2.95 bits per heavy atom. The molecule has 6 nitrogen and oxygen atoms in total. The highest BCUT2D eigenvalue weighted by Crippen LogP contribution is 2.30. The van der Waals surface area contributed by atoms with Crippen molar-refractivity contribution in [2.45, 2.75) is 31.7 Å². The van der Waals surface area contributed by atoms with Crippen LogP contribution in [0.2, 0.25) is 0 Å². The summed E-state index contributed by atoms with van der Waals surface area (Å²) in [6.07, 6.45) is 6.06. The summed E-state index contributed by atoms with van der Waals surface area (Å²) in [5, 5.41) is 2.67. The van der Waals surface area contributed by atoms with E-state index in [9.17, 15) is 9.59 Å². The van der Waals surface area contributed by atoms with E-state index < -0.39 is 0 Å². The monoisotopic (exact) mass is 291 g/mol. The number of imide groups is 1. The molecule has 6 heteroatoms. The molecule has 0 aromatic carbocycles. The number of hydrogen-bond donors (Lipinski definition) is 1. The van der Waals surface area contributed by atoms with Crippen molar-refractivity contribution in [2.75, 3.05) is 26.2 Å². The molecule has 3 amide bonds. The van der Waals surface area contributed by atoms with E-state index in [1.807, 2.05) is 12.1 Å². The molecule has 0 aliphatic carbocycles. The first-order valence-electron chi connectivity index (χ1n) is 7.61. The maximum absolute atomic E-state index is 12.3. The largest absolute Gasteiger partial charge is 0.468 e. The van der Waals surface area contributed by atoms with Crippen molar-refractivity contribution in [3.8, 4) is 0 Å². The van der Waals surface area contributed by atoms with Crippen LogP contribution < -0.4 is 5.32 Å². The third kappa shape index (κ3) is 3.10. The number of likely N-dealkylation sites (tertiary alicyclic amines) is 1. The quantitative estimate of drug-likeness (QED) is 0.921. The van der Waals surface area contributed by atoms with Gasteiger partial charge < -0.3 is 9.73 Å². The fourth-order valence-corrected chi connectivity index (χ4v) is 3.13. The van der Waals surface area contributed by atoms with E-state index in [2.05, 4.69) is 10.2 Å². The van der Waals surface area contributed by atoms with Gasteiger partial charge in [-0.15, -0.1) is 0 Å². The van der Waals surface area contributed by atoms with E-state index in [1.54, 1.807) is 6.26 Å². The molecule has 0 spiro atoms. The second kappa shape index (κ2) is 6.30. The van der Waals surface area contributed by atoms with Gasteiger partial charge in [-0.25, -0.2) is 4.79 Å². The van der Waals surface area contributed by atoms with E-state index in [-0.39, 0.29) is 24.5 Å². The molecular formula is C15H21N3O3. The molecular weight excluding hydrogens is 270 g/mol. The van der Waals surface area contributed by atoms with Gasteiger partial charge in [0.05, 0.1) is 18.8 Å². The molecule has 1 aromatic rings. The number of rotatable bonds is 3. The lowest BCUT2D eigenvalue weighted by molar-refractivity contribution is -0.129. The third-order valence-corrected chi connectivity index (χ3v) is 4.23. The number of urea groups is 1. The van der Waals surface area contributed by atoms with Gasteiger partial charge in [-0.2, -0.15) is 0 Å². The Kier molecular flexibility index (Phi) is 4.24. The van der Waals surface area contributed by atoms with Crippen molar-refractivity contribution in [1.29, 1.82) is 0 Å². The van der Waals surface area contributed by atoms with Crippen molar-refractivity contribution in [1.82, 2.24) is 15.1 Å². The van der Waals surface area contributed by atoms with Crippen LogP contribution in [0.5, 0.6) is 0 Å². The van der Waals surface area contributed by atoms with Gasteiger partial charge in [0.1, 0.15) is 5.76 Å². The number of carbonyl (C=O) groups is 2. The SMILES string of the molecule is O=C(CN1CCCCC[C@@H]1c1ccco1)N1CCNC1=O. The normalized spacial score (nSPS) is 23.9. The highest BCUT2D eigenvalue weighted by atomic mass is 16.3. The smallest absolute Gasteiger partial charge is 0.324 e. The summed E-state index contributed by atoms with van der Waals surface area (Å²) in [5.41, 5.74) is 0. The first-order valence-corrected chi connectivity index (χ1v) is 7.61. The lowest BCUT2D eigenvalue weighted by Crippen LogP contribution is -2.43. The lowest BCUT2D eigenvalue weighted by Gasteiger charge is -2.28. The summed E-state index contributed by atoms with van der Waals surface area (Å²) >= 11 is 0. The average Bonchev–Trinajstić information content (AvgIpc) is 3.09. The Hall–Kier alpha value is -1.82. The standard InChI is InChI=1S/C15H21N3O3/c19-14(18-9-7-16-15(18)20)11-17-8-3-1-2-5-12(17)13-6-4-10-21-13/h4,6,10,12H,1-3,5,7-9,11H2,(H,16,20)/t12-/m1/s1. The molecule has 1 atom stereocenters. The van der Waals surface area contributed by atoms with Crippen LogP contribution in [0.4, 0.5) is 4.79 Å². The van der Waals surface area contributed by atoms with Crippen LogP contribution >= 0.6 is 0 Å². The molecule has 0 bridgehead atoms. The maximum atomic E-state index is 12.3. The fourth-order valence-electron chi connectivity index (χ4n) is 3.13. The molecule has 1 aromatic heterocycles. The second-order valence-electron chi connectivity index (χ2n) is 5.63. The first kappa shape index (κ1) is 14.1. The minimum absolute atomic E-state index is 0.122. The highest BCUT2D eigenvalue weighted by Gasteiger charge is 2.31. The summed E-state index contributed by atoms with van der Waals surface area (Å²) in [7, 11) is 0. The van der Waals surface area contributed by atoms with Crippen molar-refractivity contribution in [3.63, 3.8) is 0 Å². The van der Waals surface area contributed by atoms with Crippen LogP contribution in [-0.4, -0.2) is 47.9 Å². The zero-order valence-corrected chi connectivity index (χ0v) is 12.1. The molecule has 2 fully saturated rings. The van der Waals surface area contributed by atoms with Crippen LogP contribution in [0.25, 0.3) is 0 Å². The summed E-state index contributed by atoms with van der Waals surface area (Å²) in [6, 6.07) is 3.71. The van der Waals surface area contributed by atoms with Gasteiger partial charge in [-0.3, -0.25) is 14.6 Å². The molecule has 2 aliphatic heterocycles. The zero-order valence-electron chi connectivity index (χ0n) is 12.1. The molecule has 3 rings (SSSR count). The third-order valence-electron chi connectivity index (χ3n) is 4.23. The number of furan rings is 1. The molecule has 1 N–H and O–H groups in total. The summed E-state index contributed by atoms with van der Waals surface area (Å²) in [5.74, 6) is 0.791. The molecule has 0 unspecified atom stereocenters. The number of hydrogen-bond acceptors (Lipinski definition) is 4. The highest BCUT2D eigenvalue weighted by molar-refractivity contribution is 5.96. The molecule has 114 valence electrons. The Bertz CT molecular complexity index is 500. The Morgan fingerprint density at radius 1 is 1.33 bits per heavy atom. The number of amides is 3. The summed E-state index contributed by atoms with van der Waals surface area (Å²) < 4.78 is 5.54. The minimum atomic E-state index is -0.274. The van der Waals surface area contributed by atoms with Crippen LogP contribution in [0.15, 0.2) is 22.8 Å². The van der Waals surface area contributed by atoms with E-state index in [1.165, 1.54) is 11.3 Å². The number of carbonyl (C=O) groups excluding carboxylic acids is 2.